The number of hydrogen-bond donors (Lipinski definition) is 1. The van der Waals surface area contributed by atoms with Gasteiger partial charge in [0.15, 0.2) is 0 Å². The molecule has 0 spiro atoms. The molecule has 0 unspecified atom stereocenters. The molecule has 0 bridgehead atoms. The first-order chi connectivity index (χ1) is 10.1. The van der Waals surface area contributed by atoms with Crippen molar-refractivity contribution in [2.45, 2.75) is 6.61 Å². The van der Waals surface area contributed by atoms with E-state index in [1.54, 1.807) is 6.07 Å². The molecule has 108 valence electrons. The summed E-state index contributed by atoms with van der Waals surface area (Å²) < 4.78 is 32.4. The zero-order valence-electron chi connectivity index (χ0n) is 11.0. The van der Waals surface area contributed by atoms with Crippen LogP contribution in [0.5, 0.6) is 5.75 Å². The quantitative estimate of drug-likeness (QED) is 0.881. The van der Waals surface area contributed by atoms with Crippen LogP contribution in [0.2, 0.25) is 5.02 Å². The van der Waals surface area contributed by atoms with Gasteiger partial charge in [0, 0.05) is 22.2 Å². The molecule has 0 atom stereocenters. The van der Waals surface area contributed by atoms with Crippen molar-refractivity contribution in [1.29, 1.82) is 0 Å². The summed E-state index contributed by atoms with van der Waals surface area (Å²) in [5.74, 6) is 4.68. The Morgan fingerprint density at radius 2 is 1.95 bits per heavy atom. The molecule has 0 aliphatic rings. The number of nitrogens with two attached hydrogens (primary N) is 1. The third-order valence-electron chi connectivity index (χ3n) is 2.61. The third-order valence-corrected chi connectivity index (χ3v) is 2.84. The van der Waals surface area contributed by atoms with Gasteiger partial charge in [-0.1, -0.05) is 23.4 Å². The van der Waals surface area contributed by atoms with Crippen LogP contribution in [0.3, 0.4) is 0 Å². The molecule has 2 aromatic rings. The first kappa shape index (κ1) is 15.3. The Kier molecular flexibility index (Phi) is 5.15. The van der Waals surface area contributed by atoms with Crippen LogP contribution in [-0.2, 0) is 6.61 Å². The minimum Gasteiger partial charge on any atom is -0.489 e. The van der Waals surface area contributed by atoms with E-state index in [0.29, 0.717) is 16.1 Å². The van der Waals surface area contributed by atoms with Gasteiger partial charge in [-0.3, -0.25) is 0 Å². The number of ether oxygens (including phenoxy) is 1. The van der Waals surface area contributed by atoms with Gasteiger partial charge in [-0.05, 0) is 30.3 Å². The lowest BCUT2D eigenvalue weighted by atomic mass is 10.2. The summed E-state index contributed by atoms with van der Waals surface area (Å²) in [5, 5.41) is 0.406. The second kappa shape index (κ2) is 7.07. The van der Waals surface area contributed by atoms with E-state index in [1.807, 2.05) is 0 Å². The van der Waals surface area contributed by atoms with Gasteiger partial charge in [0.25, 0.3) is 0 Å². The van der Waals surface area contributed by atoms with Crippen molar-refractivity contribution in [3.63, 3.8) is 0 Å². The molecule has 0 saturated carbocycles. The molecule has 0 radical (unpaired) electrons. The molecular weight excluding hydrogens is 296 g/mol. The van der Waals surface area contributed by atoms with E-state index < -0.39 is 11.6 Å². The molecule has 2 nitrogen and oxygen atoms in total. The van der Waals surface area contributed by atoms with Gasteiger partial charge in [-0.2, -0.15) is 0 Å². The van der Waals surface area contributed by atoms with E-state index >= 15 is 0 Å². The van der Waals surface area contributed by atoms with Crippen molar-refractivity contribution in [2.75, 3.05) is 6.54 Å². The van der Waals surface area contributed by atoms with Gasteiger partial charge in [-0.15, -0.1) is 0 Å². The number of benzene rings is 2. The van der Waals surface area contributed by atoms with E-state index in [4.69, 9.17) is 22.1 Å². The van der Waals surface area contributed by atoms with Crippen LogP contribution in [0.1, 0.15) is 11.1 Å². The van der Waals surface area contributed by atoms with Crippen molar-refractivity contribution in [1.82, 2.24) is 0 Å². The minimum absolute atomic E-state index is 0.0559. The SMILES string of the molecule is NCC#Cc1cc(F)cc(OCc2cc(Cl)ccc2F)c1. The highest BCUT2D eigenvalue weighted by atomic mass is 35.5. The molecule has 0 amide bonds. The average molecular weight is 308 g/mol. The summed E-state index contributed by atoms with van der Waals surface area (Å²) >= 11 is 5.79. The molecule has 0 aliphatic heterocycles. The summed E-state index contributed by atoms with van der Waals surface area (Å²) in [6.45, 7) is 0.125. The second-order valence-electron chi connectivity index (χ2n) is 4.21. The van der Waals surface area contributed by atoms with Crippen molar-refractivity contribution < 1.29 is 13.5 Å². The fourth-order valence-electron chi connectivity index (χ4n) is 1.69. The van der Waals surface area contributed by atoms with E-state index in [9.17, 15) is 8.78 Å². The number of halogens is 3. The Balaban J connectivity index is 2.16. The van der Waals surface area contributed by atoms with E-state index in [1.165, 1.54) is 30.3 Å². The lowest BCUT2D eigenvalue weighted by Gasteiger charge is -2.08. The topological polar surface area (TPSA) is 35.2 Å². The summed E-state index contributed by atoms with van der Waals surface area (Å²) in [7, 11) is 0. The molecule has 2 N–H and O–H groups in total. The Morgan fingerprint density at radius 3 is 2.71 bits per heavy atom. The first-order valence-corrected chi connectivity index (χ1v) is 6.52. The van der Waals surface area contributed by atoms with Crippen LogP contribution in [0.25, 0.3) is 0 Å². The highest BCUT2D eigenvalue weighted by molar-refractivity contribution is 6.30. The normalized spacial score (nSPS) is 9.90. The maximum absolute atomic E-state index is 13.5. The first-order valence-electron chi connectivity index (χ1n) is 6.15. The maximum atomic E-state index is 13.5. The van der Waals surface area contributed by atoms with E-state index in [0.717, 1.165) is 0 Å². The third kappa shape index (κ3) is 4.45. The standard InChI is InChI=1S/C16H12ClF2NO/c17-13-3-4-16(19)12(8-13)10-21-15-7-11(2-1-5-20)6-14(18)9-15/h3-4,6-9H,5,10,20H2. The van der Waals surface area contributed by atoms with Gasteiger partial charge in [-0.25, -0.2) is 8.78 Å². The monoisotopic (exact) mass is 307 g/mol. The Hall–Kier alpha value is -2.09. The van der Waals surface area contributed by atoms with Gasteiger partial charge in [0.1, 0.15) is 24.0 Å². The van der Waals surface area contributed by atoms with Gasteiger partial charge < -0.3 is 10.5 Å². The molecule has 0 saturated heterocycles. The van der Waals surface area contributed by atoms with Gasteiger partial charge in [0.2, 0.25) is 0 Å². The van der Waals surface area contributed by atoms with Crippen LogP contribution in [0, 0.1) is 23.5 Å². The summed E-state index contributed by atoms with van der Waals surface area (Å²) in [6, 6.07) is 8.21. The molecule has 21 heavy (non-hydrogen) atoms. The molecular formula is C16H12ClF2NO. The zero-order valence-corrected chi connectivity index (χ0v) is 11.8. The second-order valence-corrected chi connectivity index (χ2v) is 4.64. The van der Waals surface area contributed by atoms with Crippen molar-refractivity contribution in [3.05, 3.63) is 64.2 Å². The maximum Gasteiger partial charge on any atom is 0.129 e. The Bertz CT molecular complexity index is 707. The summed E-state index contributed by atoms with van der Waals surface area (Å²) in [4.78, 5) is 0. The highest BCUT2D eigenvalue weighted by Gasteiger charge is 2.06. The highest BCUT2D eigenvalue weighted by Crippen LogP contribution is 2.20. The predicted octanol–water partition coefficient (Wildman–Crippen LogP) is 3.51. The van der Waals surface area contributed by atoms with Crippen LogP contribution < -0.4 is 10.5 Å². The van der Waals surface area contributed by atoms with E-state index in [2.05, 4.69) is 11.8 Å². The number of hydrogen-bond acceptors (Lipinski definition) is 2. The average Bonchev–Trinajstić information content (AvgIpc) is 2.45. The van der Waals surface area contributed by atoms with Crippen LogP contribution in [-0.4, -0.2) is 6.54 Å². The molecule has 0 fully saturated rings. The molecule has 2 aromatic carbocycles. The molecule has 0 aromatic heterocycles. The lowest BCUT2D eigenvalue weighted by molar-refractivity contribution is 0.298. The Morgan fingerprint density at radius 1 is 1.14 bits per heavy atom. The van der Waals surface area contributed by atoms with Crippen molar-refractivity contribution in [3.8, 4) is 17.6 Å². The summed E-state index contributed by atoms with van der Waals surface area (Å²) in [6.07, 6.45) is 0. The lowest BCUT2D eigenvalue weighted by Crippen LogP contribution is -1.99. The Labute approximate surface area is 126 Å². The summed E-state index contributed by atoms with van der Waals surface area (Å²) in [5.41, 5.74) is 6.00. The van der Waals surface area contributed by atoms with Crippen molar-refractivity contribution >= 4 is 11.6 Å². The van der Waals surface area contributed by atoms with Crippen molar-refractivity contribution in [2.24, 2.45) is 5.73 Å². The molecule has 5 heteroatoms. The van der Waals surface area contributed by atoms with Crippen LogP contribution in [0.15, 0.2) is 36.4 Å². The van der Waals surface area contributed by atoms with Gasteiger partial charge >= 0.3 is 0 Å². The van der Waals surface area contributed by atoms with Crippen LogP contribution >= 0.6 is 11.6 Å². The van der Waals surface area contributed by atoms with Crippen LogP contribution in [0.4, 0.5) is 8.78 Å². The fourth-order valence-corrected chi connectivity index (χ4v) is 1.88. The largest absolute Gasteiger partial charge is 0.489 e. The predicted molar refractivity (Wildman–Crippen MR) is 78.1 cm³/mol. The number of rotatable bonds is 3. The van der Waals surface area contributed by atoms with E-state index in [-0.39, 0.29) is 18.9 Å². The molecule has 0 heterocycles. The molecule has 0 aliphatic carbocycles. The zero-order chi connectivity index (χ0) is 15.2. The smallest absolute Gasteiger partial charge is 0.129 e. The fraction of sp³-hybridized carbons (Fsp3) is 0.125. The minimum atomic E-state index is -0.486. The van der Waals surface area contributed by atoms with Gasteiger partial charge in [0.05, 0.1) is 6.54 Å². The molecule has 2 rings (SSSR count).